The fraction of sp³-hybridized carbons (Fsp3) is 0.529. The van der Waals surface area contributed by atoms with E-state index < -0.39 is 0 Å². The summed E-state index contributed by atoms with van der Waals surface area (Å²) in [5, 5.41) is 9.51. The van der Waals surface area contributed by atoms with Crippen LogP contribution >= 0.6 is 0 Å². The van der Waals surface area contributed by atoms with Crippen LogP contribution in [0.4, 0.5) is 0 Å². The van der Waals surface area contributed by atoms with E-state index in [0.29, 0.717) is 18.0 Å². The minimum absolute atomic E-state index is 0.000918. The van der Waals surface area contributed by atoms with Crippen molar-refractivity contribution in [2.24, 2.45) is 11.8 Å². The number of fused-ring (bicyclic) bond motifs is 1. The molecule has 22 heavy (non-hydrogen) atoms. The fourth-order valence-corrected chi connectivity index (χ4v) is 3.56. The maximum Gasteiger partial charge on any atom is 0.308 e. The number of hydrogen-bond donors (Lipinski definition) is 1. The highest BCUT2D eigenvalue weighted by molar-refractivity contribution is 5.98. The van der Waals surface area contributed by atoms with Gasteiger partial charge in [0.15, 0.2) is 0 Å². The number of carbonyl (C=O) groups is 2. The van der Waals surface area contributed by atoms with Gasteiger partial charge in [-0.2, -0.15) is 0 Å². The molecule has 0 unspecified atom stereocenters. The van der Waals surface area contributed by atoms with Crippen molar-refractivity contribution in [1.82, 2.24) is 4.90 Å². The molecule has 0 aromatic heterocycles. The van der Waals surface area contributed by atoms with Crippen molar-refractivity contribution in [3.8, 4) is 5.75 Å². The lowest BCUT2D eigenvalue weighted by Crippen LogP contribution is -2.33. The summed E-state index contributed by atoms with van der Waals surface area (Å²) in [4.78, 5) is 25.8. The molecule has 3 rings (SSSR count). The molecule has 0 saturated heterocycles. The standard InChI is InChI=1S/C17H21NO4/c1-22-17(21)12-4-2-11(3-5-12)9-18-10-13-6-7-14(19)8-15(13)16(18)20/h6-8,11-12,19H,2-5,9-10H2,1H3/t11-,12-. The van der Waals surface area contributed by atoms with E-state index in [0.717, 1.165) is 37.8 Å². The molecule has 1 heterocycles. The minimum Gasteiger partial charge on any atom is -0.508 e. The monoisotopic (exact) mass is 303 g/mol. The number of carbonyl (C=O) groups excluding carboxylic acids is 2. The normalized spacial score (nSPS) is 24.2. The molecular weight excluding hydrogens is 282 g/mol. The predicted octanol–water partition coefficient (Wildman–Crippen LogP) is 2.33. The molecule has 1 N–H and O–H groups in total. The van der Waals surface area contributed by atoms with Crippen LogP contribution in [0.3, 0.4) is 0 Å². The van der Waals surface area contributed by atoms with Crippen molar-refractivity contribution in [3.63, 3.8) is 0 Å². The highest BCUT2D eigenvalue weighted by Crippen LogP contribution is 2.33. The second kappa shape index (κ2) is 5.99. The number of aromatic hydroxyl groups is 1. The van der Waals surface area contributed by atoms with Crippen LogP contribution in [0, 0.1) is 11.8 Å². The number of phenolic OH excluding ortho intramolecular Hbond substituents is 1. The van der Waals surface area contributed by atoms with Gasteiger partial charge in [-0.25, -0.2) is 0 Å². The Balaban J connectivity index is 1.58. The summed E-state index contributed by atoms with van der Waals surface area (Å²) < 4.78 is 4.80. The van der Waals surface area contributed by atoms with Crippen molar-refractivity contribution in [3.05, 3.63) is 29.3 Å². The molecule has 2 aliphatic rings. The summed E-state index contributed by atoms with van der Waals surface area (Å²) in [6, 6.07) is 4.99. The van der Waals surface area contributed by atoms with Gasteiger partial charge in [0.2, 0.25) is 0 Å². The van der Waals surface area contributed by atoms with Crippen LogP contribution in [-0.4, -0.2) is 35.5 Å². The quantitative estimate of drug-likeness (QED) is 0.870. The molecule has 1 saturated carbocycles. The number of ether oxygens (including phenoxy) is 1. The number of phenols is 1. The second-order valence-corrected chi connectivity index (χ2v) is 6.27. The molecule has 1 aliphatic carbocycles. The van der Waals surface area contributed by atoms with Gasteiger partial charge in [0, 0.05) is 18.7 Å². The van der Waals surface area contributed by atoms with E-state index in [9.17, 15) is 14.7 Å². The first-order valence-electron chi connectivity index (χ1n) is 7.77. The predicted molar refractivity (Wildman–Crippen MR) is 80.3 cm³/mol. The van der Waals surface area contributed by atoms with Crippen molar-refractivity contribution in [2.75, 3.05) is 13.7 Å². The van der Waals surface area contributed by atoms with Crippen LogP contribution in [0.2, 0.25) is 0 Å². The molecule has 1 fully saturated rings. The number of amides is 1. The van der Waals surface area contributed by atoms with E-state index in [2.05, 4.69) is 0 Å². The maximum atomic E-state index is 12.4. The Morgan fingerprint density at radius 2 is 2.05 bits per heavy atom. The third-order valence-corrected chi connectivity index (χ3v) is 4.83. The highest BCUT2D eigenvalue weighted by Gasteiger charge is 2.32. The Morgan fingerprint density at radius 1 is 1.32 bits per heavy atom. The molecule has 0 spiro atoms. The topological polar surface area (TPSA) is 66.8 Å². The third kappa shape index (κ3) is 2.80. The van der Waals surface area contributed by atoms with Gasteiger partial charge in [-0.3, -0.25) is 9.59 Å². The lowest BCUT2D eigenvalue weighted by molar-refractivity contribution is -0.146. The molecule has 118 valence electrons. The Labute approximate surface area is 129 Å². The van der Waals surface area contributed by atoms with Crippen LogP contribution in [-0.2, 0) is 16.1 Å². The van der Waals surface area contributed by atoms with Crippen LogP contribution in [0.5, 0.6) is 5.75 Å². The lowest BCUT2D eigenvalue weighted by atomic mass is 9.82. The van der Waals surface area contributed by atoms with E-state index in [4.69, 9.17) is 4.74 Å². The zero-order valence-corrected chi connectivity index (χ0v) is 12.7. The Hall–Kier alpha value is -2.04. The van der Waals surface area contributed by atoms with E-state index in [1.54, 1.807) is 12.1 Å². The number of hydrogen-bond acceptors (Lipinski definition) is 4. The molecule has 1 aliphatic heterocycles. The van der Waals surface area contributed by atoms with Crippen LogP contribution in [0.15, 0.2) is 18.2 Å². The third-order valence-electron chi connectivity index (χ3n) is 4.83. The van der Waals surface area contributed by atoms with Crippen molar-refractivity contribution in [1.29, 1.82) is 0 Å². The number of benzene rings is 1. The summed E-state index contributed by atoms with van der Waals surface area (Å²) in [5.41, 5.74) is 1.59. The summed E-state index contributed by atoms with van der Waals surface area (Å²) in [7, 11) is 1.43. The van der Waals surface area contributed by atoms with Crippen LogP contribution in [0.1, 0.15) is 41.6 Å². The van der Waals surface area contributed by atoms with Gasteiger partial charge < -0.3 is 14.7 Å². The van der Waals surface area contributed by atoms with E-state index in [-0.39, 0.29) is 23.5 Å². The summed E-state index contributed by atoms with van der Waals surface area (Å²) >= 11 is 0. The van der Waals surface area contributed by atoms with Crippen LogP contribution < -0.4 is 0 Å². The Morgan fingerprint density at radius 3 is 2.73 bits per heavy atom. The second-order valence-electron chi connectivity index (χ2n) is 6.27. The maximum absolute atomic E-state index is 12.4. The SMILES string of the molecule is COC(=O)[C@H]1CC[C@H](CN2Cc3ccc(O)cc3C2=O)CC1. The van der Waals surface area contributed by atoms with Gasteiger partial charge in [0.05, 0.1) is 13.0 Å². The van der Waals surface area contributed by atoms with Gasteiger partial charge in [0.1, 0.15) is 5.75 Å². The van der Waals surface area contributed by atoms with Gasteiger partial charge in [-0.1, -0.05) is 6.07 Å². The summed E-state index contributed by atoms with van der Waals surface area (Å²) in [6.07, 6.45) is 3.58. The molecule has 5 heteroatoms. The molecule has 5 nitrogen and oxygen atoms in total. The minimum atomic E-state index is -0.112. The number of esters is 1. The first-order valence-corrected chi connectivity index (χ1v) is 7.77. The van der Waals surface area contributed by atoms with Crippen molar-refractivity contribution < 1.29 is 19.4 Å². The smallest absolute Gasteiger partial charge is 0.308 e. The molecule has 1 aromatic carbocycles. The molecule has 0 bridgehead atoms. The molecular formula is C17H21NO4. The van der Waals surface area contributed by atoms with Gasteiger partial charge in [0.25, 0.3) is 5.91 Å². The van der Waals surface area contributed by atoms with Gasteiger partial charge in [-0.05, 0) is 49.3 Å². The van der Waals surface area contributed by atoms with Gasteiger partial charge in [-0.15, -0.1) is 0 Å². The summed E-state index contributed by atoms with van der Waals surface area (Å²) in [6.45, 7) is 1.34. The number of rotatable bonds is 3. The van der Waals surface area contributed by atoms with E-state index in [1.165, 1.54) is 7.11 Å². The largest absolute Gasteiger partial charge is 0.508 e. The first kappa shape index (κ1) is 14.9. The lowest BCUT2D eigenvalue weighted by Gasteiger charge is -2.30. The van der Waals surface area contributed by atoms with E-state index >= 15 is 0 Å². The summed E-state index contributed by atoms with van der Waals surface area (Å²) in [5.74, 6) is 0.476. The Kier molecular flexibility index (Phi) is 4.05. The zero-order chi connectivity index (χ0) is 15.7. The van der Waals surface area contributed by atoms with Gasteiger partial charge >= 0.3 is 5.97 Å². The van der Waals surface area contributed by atoms with Crippen LogP contribution in [0.25, 0.3) is 0 Å². The first-order chi connectivity index (χ1) is 10.6. The highest BCUT2D eigenvalue weighted by atomic mass is 16.5. The Bertz CT molecular complexity index is 590. The average Bonchev–Trinajstić information content (AvgIpc) is 2.83. The molecule has 0 radical (unpaired) electrons. The number of nitrogens with zero attached hydrogens (tertiary/aromatic N) is 1. The molecule has 1 aromatic rings. The number of methoxy groups -OCH3 is 1. The zero-order valence-electron chi connectivity index (χ0n) is 12.7. The molecule has 0 atom stereocenters. The average molecular weight is 303 g/mol. The molecule has 1 amide bonds. The fourth-order valence-electron chi connectivity index (χ4n) is 3.56. The van der Waals surface area contributed by atoms with Crippen molar-refractivity contribution in [2.45, 2.75) is 32.2 Å². The van der Waals surface area contributed by atoms with Crippen molar-refractivity contribution >= 4 is 11.9 Å². The van der Waals surface area contributed by atoms with E-state index in [1.807, 2.05) is 11.0 Å².